The summed E-state index contributed by atoms with van der Waals surface area (Å²) in [6, 6.07) is 5.84. The Morgan fingerprint density at radius 1 is 1.29 bits per heavy atom. The van der Waals surface area contributed by atoms with Crippen molar-refractivity contribution in [3.63, 3.8) is 0 Å². The van der Waals surface area contributed by atoms with E-state index in [1.165, 1.54) is 6.07 Å². The first kappa shape index (κ1) is 18.3. The standard InChI is InChI=1S/C15H21F3N2.ClH/c1-20(10-12-5-4-8-19-9-12)11-13-6-2-3-7-14(13)15(16,17)18;/h2-3,6-7,12,19H,4-5,8-11H2,1H3;1H. The molecule has 1 N–H and O–H groups in total. The van der Waals surface area contributed by atoms with E-state index in [1.54, 1.807) is 12.1 Å². The second kappa shape index (κ2) is 8.01. The van der Waals surface area contributed by atoms with Crippen LogP contribution >= 0.6 is 12.4 Å². The molecule has 1 fully saturated rings. The molecule has 0 spiro atoms. The fraction of sp³-hybridized carbons (Fsp3) is 0.600. The first-order valence-electron chi connectivity index (χ1n) is 7.01. The normalized spacial score (nSPS) is 19.4. The van der Waals surface area contributed by atoms with Gasteiger partial charge in [-0.25, -0.2) is 0 Å². The fourth-order valence-electron chi connectivity index (χ4n) is 2.81. The topological polar surface area (TPSA) is 15.3 Å². The van der Waals surface area contributed by atoms with Gasteiger partial charge < -0.3 is 10.2 Å². The molecule has 0 aliphatic carbocycles. The molecular formula is C15H22ClF3N2. The molecule has 1 aromatic carbocycles. The Kier molecular flexibility index (Phi) is 6.97. The molecule has 1 aliphatic heterocycles. The molecule has 1 aromatic rings. The average Bonchev–Trinajstić information content (AvgIpc) is 2.39. The molecule has 0 radical (unpaired) electrons. The van der Waals surface area contributed by atoms with Crippen molar-refractivity contribution in [2.24, 2.45) is 5.92 Å². The largest absolute Gasteiger partial charge is 0.416 e. The molecule has 1 heterocycles. The number of benzene rings is 1. The molecule has 6 heteroatoms. The highest BCUT2D eigenvalue weighted by atomic mass is 35.5. The molecule has 1 atom stereocenters. The van der Waals surface area contributed by atoms with E-state index < -0.39 is 11.7 Å². The second-order valence-electron chi connectivity index (χ2n) is 5.56. The van der Waals surface area contributed by atoms with Crippen molar-refractivity contribution in [2.75, 3.05) is 26.7 Å². The van der Waals surface area contributed by atoms with Crippen LogP contribution in [0.4, 0.5) is 13.2 Å². The molecule has 1 saturated heterocycles. The molecular weight excluding hydrogens is 301 g/mol. The van der Waals surface area contributed by atoms with E-state index in [0.29, 0.717) is 18.0 Å². The van der Waals surface area contributed by atoms with E-state index in [-0.39, 0.29) is 12.4 Å². The van der Waals surface area contributed by atoms with Gasteiger partial charge in [-0.1, -0.05) is 18.2 Å². The summed E-state index contributed by atoms with van der Waals surface area (Å²) in [6.07, 6.45) is -1.97. The first-order chi connectivity index (χ1) is 9.47. The predicted octanol–water partition coefficient (Wildman–Crippen LogP) is 3.56. The van der Waals surface area contributed by atoms with Crippen LogP contribution < -0.4 is 5.32 Å². The zero-order valence-electron chi connectivity index (χ0n) is 12.1. The molecule has 21 heavy (non-hydrogen) atoms. The third-order valence-electron chi connectivity index (χ3n) is 3.73. The number of nitrogens with one attached hydrogen (secondary N) is 1. The van der Waals surface area contributed by atoms with Crippen LogP contribution in [0.2, 0.25) is 0 Å². The third kappa shape index (κ3) is 5.49. The van der Waals surface area contributed by atoms with Gasteiger partial charge in [0.25, 0.3) is 0 Å². The molecule has 1 aliphatic rings. The number of halogens is 4. The summed E-state index contributed by atoms with van der Waals surface area (Å²) in [5.41, 5.74) is -0.167. The van der Waals surface area contributed by atoms with Crippen molar-refractivity contribution in [2.45, 2.75) is 25.6 Å². The van der Waals surface area contributed by atoms with Gasteiger partial charge in [0, 0.05) is 13.1 Å². The summed E-state index contributed by atoms with van der Waals surface area (Å²) in [5.74, 6) is 0.534. The zero-order valence-corrected chi connectivity index (χ0v) is 12.9. The van der Waals surface area contributed by atoms with Gasteiger partial charge >= 0.3 is 6.18 Å². The Morgan fingerprint density at radius 3 is 2.62 bits per heavy atom. The number of alkyl halides is 3. The van der Waals surface area contributed by atoms with Gasteiger partial charge in [0.2, 0.25) is 0 Å². The Bertz CT molecular complexity index is 431. The summed E-state index contributed by atoms with van der Waals surface area (Å²) in [4.78, 5) is 1.99. The minimum atomic E-state index is -4.27. The van der Waals surface area contributed by atoms with Crippen molar-refractivity contribution in [1.82, 2.24) is 10.2 Å². The summed E-state index contributed by atoms with van der Waals surface area (Å²) in [6.45, 7) is 3.19. The van der Waals surface area contributed by atoms with Crippen molar-refractivity contribution in [3.05, 3.63) is 35.4 Å². The van der Waals surface area contributed by atoms with Crippen LogP contribution in [0, 0.1) is 5.92 Å². The minimum Gasteiger partial charge on any atom is -0.316 e. The fourth-order valence-corrected chi connectivity index (χ4v) is 2.81. The Labute approximate surface area is 130 Å². The van der Waals surface area contributed by atoms with Gasteiger partial charge in [-0.2, -0.15) is 13.2 Å². The Morgan fingerprint density at radius 2 is 2.00 bits per heavy atom. The average molecular weight is 323 g/mol. The first-order valence-corrected chi connectivity index (χ1v) is 7.01. The lowest BCUT2D eigenvalue weighted by molar-refractivity contribution is -0.138. The van der Waals surface area contributed by atoms with E-state index in [9.17, 15) is 13.2 Å². The highest BCUT2D eigenvalue weighted by molar-refractivity contribution is 5.85. The molecule has 0 bridgehead atoms. The van der Waals surface area contributed by atoms with E-state index >= 15 is 0 Å². The predicted molar refractivity (Wildman–Crippen MR) is 80.6 cm³/mol. The lowest BCUT2D eigenvalue weighted by Gasteiger charge is -2.28. The van der Waals surface area contributed by atoms with E-state index in [0.717, 1.165) is 38.5 Å². The molecule has 120 valence electrons. The Balaban J connectivity index is 0.00000220. The van der Waals surface area contributed by atoms with Crippen LogP contribution in [0.3, 0.4) is 0 Å². The molecule has 0 aromatic heterocycles. The smallest absolute Gasteiger partial charge is 0.316 e. The quantitative estimate of drug-likeness (QED) is 0.912. The van der Waals surface area contributed by atoms with Crippen molar-refractivity contribution < 1.29 is 13.2 Å². The van der Waals surface area contributed by atoms with E-state index in [1.807, 2.05) is 11.9 Å². The van der Waals surface area contributed by atoms with Crippen molar-refractivity contribution in [3.8, 4) is 0 Å². The van der Waals surface area contributed by atoms with Crippen molar-refractivity contribution in [1.29, 1.82) is 0 Å². The van der Waals surface area contributed by atoms with E-state index in [4.69, 9.17) is 0 Å². The maximum absolute atomic E-state index is 12.9. The number of rotatable bonds is 4. The summed E-state index contributed by atoms with van der Waals surface area (Å²) < 4.78 is 38.8. The highest BCUT2D eigenvalue weighted by Crippen LogP contribution is 2.32. The molecule has 0 saturated carbocycles. The van der Waals surface area contributed by atoms with Crippen LogP contribution in [0.5, 0.6) is 0 Å². The summed E-state index contributed by atoms with van der Waals surface area (Å²) in [7, 11) is 1.89. The number of hydrogen-bond donors (Lipinski definition) is 1. The van der Waals surface area contributed by atoms with Crippen LogP contribution in [-0.2, 0) is 12.7 Å². The van der Waals surface area contributed by atoms with Crippen LogP contribution in [0.1, 0.15) is 24.0 Å². The molecule has 0 amide bonds. The van der Waals surface area contributed by atoms with Gasteiger partial charge in [-0.05, 0) is 50.5 Å². The van der Waals surface area contributed by atoms with Crippen LogP contribution in [-0.4, -0.2) is 31.6 Å². The van der Waals surface area contributed by atoms with Crippen LogP contribution in [0.25, 0.3) is 0 Å². The van der Waals surface area contributed by atoms with Gasteiger partial charge in [-0.15, -0.1) is 12.4 Å². The maximum atomic E-state index is 12.9. The maximum Gasteiger partial charge on any atom is 0.416 e. The van der Waals surface area contributed by atoms with Gasteiger partial charge in [0.15, 0.2) is 0 Å². The third-order valence-corrected chi connectivity index (χ3v) is 3.73. The summed E-state index contributed by atoms with van der Waals surface area (Å²) >= 11 is 0. The Hall–Kier alpha value is -0.780. The monoisotopic (exact) mass is 322 g/mol. The summed E-state index contributed by atoms with van der Waals surface area (Å²) in [5, 5.41) is 3.33. The van der Waals surface area contributed by atoms with Crippen molar-refractivity contribution >= 4 is 12.4 Å². The molecule has 1 unspecified atom stereocenters. The zero-order chi connectivity index (χ0) is 14.6. The number of hydrogen-bond acceptors (Lipinski definition) is 2. The van der Waals surface area contributed by atoms with Gasteiger partial charge in [-0.3, -0.25) is 0 Å². The van der Waals surface area contributed by atoms with Crippen LogP contribution in [0.15, 0.2) is 24.3 Å². The van der Waals surface area contributed by atoms with Gasteiger partial charge in [0.1, 0.15) is 0 Å². The van der Waals surface area contributed by atoms with Gasteiger partial charge in [0.05, 0.1) is 5.56 Å². The highest BCUT2D eigenvalue weighted by Gasteiger charge is 2.33. The minimum absolute atomic E-state index is 0. The lowest BCUT2D eigenvalue weighted by atomic mass is 9.98. The molecule has 2 nitrogen and oxygen atoms in total. The lowest BCUT2D eigenvalue weighted by Crippen LogP contribution is -2.36. The van der Waals surface area contributed by atoms with E-state index in [2.05, 4.69) is 5.32 Å². The second-order valence-corrected chi connectivity index (χ2v) is 5.56. The molecule has 2 rings (SSSR count). The number of nitrogens with zero attached hydrogens (tertiary/aromatic N) is 1. The SMILES string of the molecule is CN(Cc1ccccc1C(F)(F)F)CC1CCCNC1.Cl. The number of piperidine rings is 1.